The molecular formula is C139H171F3N2O6. The van der Waals surface area contributed by atoms with Crippen molar-refractivity contribution < 1.29 is 43.5 Å². The van der Waals surface area contributed by atoms with Crippen molar-refractivity contribution in [3.05, 3.63) is 388 Å². The molecule has 0 unspecified atom stereocenters. The summed E-state index contributed by atoms with van der Waals surface area (Å²) in [6.07, 6.45) is 19.4. The van der Waals surface area contributed by atoms with Crippen LogP contribution in [0, 0.1) is 110 Å². The molecule has 11 heteroatoms. The molecule has 12 aromatic carbocycles. The number of Topliss-reactive ketones (excluding diaryl/α,β-unsaturated/α-hetero) is 1. The van der Waals surface area contributed by atoms with E-state index in [2.05, 4.69) is 283 Å². The number of carbonyl (C=O) groups excluding carboxylic acids is 1. The SMILES string of the molecule is C#CCC(=O)C(C)(C)C.CC(C)(C)Cc1cc(O)c(-c2ccccc2)cc1F.CC(C)(C)Cc1ccc(-c2ccccc2)cc1O.CC(C)(C)Cc1ccc(-c2ccccc2)nc1.CC(C)(C)Cc1ccc(C#CC2CC2)cc1.CC(C)(C)Cc1cnc(-c2ccccc2)cc1F.CCc1ccc(-c2ccc(CC(C)(C)C)cc2O)cc1.Cc1c(CC(C)(C)C)ccc(-c2ccccc2)c1O.Cc1cc(F)c(CC(C)(C)C)cc1O. The van der Waals surface area contributed by atoms with Gasteiger partial charge in [0.05, 0.1) is 17.8 Å². The van der Waals surface area contributed by atoms with Gasteiger partial charge in [0.15, 0.2) is 0 Å². The summed E-state index contributed by atoms with van der Waals surface area (Å²) in [4.78, 5) is 19.8. The highest BCUT2D eigenvalue weighted by Crippen LogP contribution is 2.41. The zero-order chi connectivity index (χ0) is 112. The first-order valence-electron chi connectivity index (χ1n) is 52.9. The van der Waals surface area contributed by atoms with Crippen LogP contribution in [0.1, 0.15) is 280 Å². The van der Waals surface area contributed by atoms with Gasteiger partial charge in [0.1, 0.15) is 52.0 Å². The number of rotatable bonds is 16. The minimum atomic E-state index is -0.271. The summed E-state index contributed by atoms with van der Waals surface area (Å²) >= 11 is 0. The van der Waals surface area contributed by atoms with Gasteiger partial charge >= 0.3 is 0 Å². The lowest BCUT2D eigenvalue weighted by Gasteiger charge is -2.21. The highest BCUT2D eigenvalue weighted by atomic mass is 19.1. The second-order valence-corrected chi connectivity index (χ2v) is 50.4. The molecule has 1 saturated carbocycles. The molecule has 0 radical (unpaired) electrons. The number of terminal acetylenes is 1. The number of nitrogens with zero attached hydrogens (tertiary/aromatic N) is 2. The Balaban J connectivity index is 0.000000229. The van der Waals surface area contributed by atoms with Gasteiger partial charge in [-0.3, -0.25) is 14.8 Å². The molecule has 0 saturated heterocycles. The van der Waals surface area contributed by atoms with Crippen molar-refractivity contribution >= 4 is 5.78 Å². The zero-order valence-corrected chi connectivity index (χ0v) is 95.7. The summed E-state index contributed by atoms with van der Waals surface area (Å²) < 4.78 is 41.6. The molecule has 8 nitrogen and oxygen atoms in total. The molecule has 0 aliphatic heterocycles. The van der Waals surface area contributed by atoms with Crippen molar-refractivity contribution in [2.24, 2.45) is 54.7 Å². The first kappa shape index (κ1) is 123. The standard InChI is InChI=1S/C19H24O.C18H22O.C17H19FO.C17H20O.C16H18FN.C16H19N.C16H20.C12H17FO.C8H12O/c1-5-14-6-9-16(10-7-14)17-11-8-15(12-18(17)20)13-19(2,3)4;1-13-15(12-18(2,3)4)10-11-16(17(13)19)14-8-6-5-7-9-14;1-17(2,3)11-13-9-16(19)14(10-15(13)18)12-7-5-4-6-8-12;1-17(2,3)12-15-10-9-14(11-16(15)18)13-7-5-4-6-8-13;1-16(2,3)10-13-11-18-15(9-14(13)17)12-7-5-4-6-8-12;1-16(2,3)11-13-9-10-15(17-12-13)14-7-5-4-6-8-14;1-16(2,3)12-15-10-8-14(9-11-15)7-6-13-4-5-13;1-8-5-10(13)9(6-11(8)14)7-12(2,3)4;1-5-6-7(9)8(2,3)4/h6-12,20H,5,13H2,1-4H3;5-11,19H,12H2,1-4H3;4-10,19H,11H2,1-3H3;4-11,18H,12H2,1-3H3;4-9,11H,10H2,1-3H3;4-10,12H,11H2,1-3H3;8-11,13H,4-5,12H2,1-3H3;5-6,14H,7H2,1-4H3;1H,6H2,2-4H3. The van der Waals surface area contributed by atoms with Gasteiger partial charge in [-0.05, 0) is 266 Å². The van der Waals surface area contributed by atoms with E-state index in [1.165, 1.54) is 70.5 Å². The van der Waals surface area contributed by atoms with E-state index in [9.17, 15) is 43.5 Å². The van der Waals surface area contributed by atoms with Crippen LogP contribution >= 0.6 is 0 Å². The molecule has 1 aliphatic carbocycles. The number of benzene rings is 12. The summed E-state index contributed by atoms with van der Waals surface area (Å²) in [6.45, 7) is 63.4. The number of carbonyl (C=O) groups is 1. The molecule has 2 aromatic heterocycles. The minimum absolute atomic E-state index is 0.0124. The predicted molar refractivity (Wildman–Crippen MR) is 630 cm³/mol. The van der Waals surface area contributed by atoms with E-state index < -0.39 is 0 Å². The summed E-state index contributed by atoms with van der Waals surface area (Å²) in [7, 11) is 0. The first-order chi connectivity index (χ1) is 69.9. The van der Waals surface area contributed by atoms with Gasteiger partial charge in [-0.2, -0.15) is 0 Å². The third-order valence-electron chi connectivity index (χ3n) is 23.9. The molecular weight excluding hydrogens is 1850 g/mol. The summed E-state index contributed by atoms with van der Waals surface area (Å²) in [6, 6.07) is 94.4. The van der Waals surface area contributed by atoms with Crippen LogP contribution in [0.3, 0.4) is 0 Å². The van der Waals surface area contributed by atoms with Crippen LogP contribution in [-0.4, -0.2) is 41.3 Å². The number of aryl methyl sites for hydroxylation is 2. The maximum Gasteiger partial charge on any atom is 0.150 e. The van der Waals surface area contributed by atoms with Crippen LogP contribution in [0.2, 0.25) is 0 Å². The lowest BCUT2D eigenvalue weighted by atomic mass is 9.85. The normalized spacial score (nSPS) is 11.9. The molecule has 1 aliphatic rings. The molecule has 2 heterocycles. The van der Waals surface area contributed by atoms with Gasteiger partial charge in [-0.1, -0.05) is 442 Å². The quantitative estimate of drug-likeness (QED) is 0.0602. The Bertz CT molecular complexity index is 6490. The minimum Gasteiger partial charge on any atom is -0.508 e. The molecule has 0 amide bonds. The lowest BCUT2D eigenvalue weighted by molar-refractivity contribution is -0.125. The maximum atomic E-state index is 14.1. The van der Waals surface area contributed by atoms with Gasteiger partial charge in [-0.15, -0.1) is 6.42 Å². The van der Waals surface area contributed by atoms with Crippen molar-refractivity contribution in [2.45, 2.75) is 285 Å². The maximum absolute atomic E-state index is 14.1. The number of pyridine rings is 2. The average Bonchev–Trinajstić information content (AvgIpc) is 1.31. The fourth-order valence-corrected chi connectivity index (χ4v) is 16.4. The second kappa shape index (κ2) is 55.9. The molecule has 14 aromatic rings. The van der Waals surface area contributed by atoms with Gasteiger partial charge < -0.3 is 25.5 Å². The van der Waals surface area contributed by atoms with Crippen molar-refractivity contribution in [1.82, 2.24) is 9.97 Å². The predicted octanol–water partition coefficient (Wildman–Crippen LogP) is 37.5. The Morgan fingerprint density at radius 2 is 0.687 bits per heavy atom. The van der Waals surface area contributed by atoms with Gasteiger partial charge in [0, 0.05) is 68.7 Å². The molecule has 794 valence electrons. The van der Waals surface area contributed by atoms with E-state index in [1.807, 2.05) is 212 Å². The molecule has 15 rings (SSSR count). The smallest absolute Gasteiger partial charge is 0.150 e. The fraction of sp³-hybridized carbons (Fsp3) is 0.374. The number of aromatic nitrogens is 2. The third kappa shape index (κ3) is 46.3. The first-order valence-corrected chi connectivity index (χ1v) is 52.9. The molecule has 150 heavy (non-hydrogen) atoms. The van der Waals surface area contributed by atoms with Crippen LogP contribution in [0.4, 0.5) is 13.2 Å². The van der Waals surface area contributed by atoms with Crippen LogP contribution < -0.4 is 0 Å². The third-order valence-corrected chi connectivity index (χ3v) is 23.9. The number of hydrogen-bond donors (Lipinski definition) is 5. The van der Waals surface area contributed by atoms with Gasteiger partial charge in [-0.25, -0.2) is 13.2 Å². The fourth-order valence-electron chi connectivity index (χ4n) is 16.4. The average molecular weight is 2020 g/mol. The number of ketones is 1. The molecule has 5 N–H and O–H groups in total. The lowest BCUT2D eigenvalue weighted by Crippen LogP contribution is -2.18. The van der Waals surface area contributed by atoms with E-state index in [4.69, 9.17) is 6.42 Å². The van der Waals surface area contributed by atoms with E-state index in [1.54, 1.807) is 19.2 Å². The molecule has 0 bridgehead atoms. The molecule has 0 spiro atoms. The van der Waals surface area contributed by atoms with Crippen molar-refractivity contribution in [3.8, 4) is 120 Å². The van der Waals surface area contributed by atoms with Crippen LogP contribution in [0.25, 0.3) is 67.0 Å². The van der Waals surface area contributed by atoms with Gasteiger partial charge in [0.25, 0.3) is 0 Å². The van der Waals surface area contributed by atoms with E-state index >= 15 is 0 Å². The summed E-state index contributed by atoms with van der Waals surface area (Å²) in [5, 5.41) is 50.4. The Morgan fingerprint density at radius 3 is 1.12 bits per heavy atom. The van der Waals surface area contributed by atoms with E-state index in [0.29, 0.717) is 86.8 Å². The topological polar surface area (TPSA) is 144 Å². The zero-order valence-electron chi connectivity index (χ0n) is 95.7. The largest absolute Gasteiger partial charge is 0.508 e. The Kier molecular flexibility index (Phi) is 46.0. The molecule has 0 atom stereocenters. The van der Waals surface area contributed by atoms with Crippen molar-refractivity contribution in [2.75, 3.05) is 0 Å². The van der Waals surface area contributed by atoms with E-state index in [0.717, 1.165) is 105 Å². The highest BCUT2D eigenvalue weighted by Gasteiger charge is 2.25. The summed E-state index contributed by atoms with van der Waals surface area (Å²) in [5.41, 5.74) is 24.5. The Morgan fingerprint density at radius 1 is 0.320 bits per heavy atom. The van der Waals surface area contributed by atoms with E-state index in [-0.39, 0.29) is 79.1 Å². The number of phenols is 5. The highest BCUT2D eigenvalue weighted by molar-refractivity contribution is 5.85. The number of hydrogen-bond acceptors (Lipinski definition) is 8. The Hall–Kier alpha value is -13.5. The van der Waals surface area contributed by atoms with Crippen molar-refractivity contribution in [3.63, 3.8) is 0 Å². The van der Waals surface area contributed by atoms with Crippen LogP contribution in [0.5, 0.6) is 28.7 Å². The Labute approximate surface area is 900 Å². The van der Waals surface area contributed by atoms with Gasteiger partial charge in [0.2, 0.25) is 0 Å². The monoisotopic (exact) mass is 2020 g/mol. The van der Waals surface area contributed by atoms with Crippen molar-refractivity contribution in [1.29, 1.82) is 0 Å². The number of phenolic OH excluding ortho intramolecular Hbond substituents is 5. The van der Waals surface area contributed by atoms with Crippen LogP contribution in [0.15, 0.2) is 304 Å². The van der Waals surface area contributed by atoms with Crippen LogP contribution in [-0.2, 0) is 62.6 Å². The second-order valence-electron chi connectivity index (χ2n) is 50.4. The number of aromatic hydroxyl groups is 5. The molecule has 1 fully saturated rings. The number of halogens is 3. The summed E-state index contributed by atoms with van der Waals surface area (Å²) in [5.74, 6) is 10.5.